The Morgan fingerprint density at radius 2 is 1.86 bits per heavy atom. The van der Waals surface area contributed by atoms with Gasteiger partial charge < -0.3 is 15.3 Å². The highest BCUT2D eigenvalue weighted by atomic mass is 35.5. The number of thioether (sulfide) groups is 2. The van der Waals surface area contributed by atoms with E-state index < -0.39 is 28.6 Å². The minimum Gasteiger partial charge on any atom is -0.396 e. The van der Waals surface area contributed by atoms with Gasteiger partial charge in [-0.25, -0.2) is 5.43 Å². The fraction of sp³-hybridized carbons (Fsp3) is 0.276. The Morgan fingerprint density at radius 3 is 2.60 bits per heavy atom. The van der Waals surface area contributed by atoms with Crippen molar-refractivity contribution in [3.05, 3.63) is 93.5 Å². The highest BCUT2D eigenvalue weighted by Gasteiger charge is 2.33. The molecule has 7 nitrogen and oxygen atoms in total. The molecule has 1 heterocycles. The fourth-order valence-electron chi connectivity index (χ4n) is 4.16. The summed E-state index contributed by atoms with van der Waals surface area (Å²) in [7, 11) is 0. The zero-order valence-corrected chi connectivity index (χ0v) is 24.7. The maximum absolute atomic E-state index is 13.3. The maximum atomic E-state index is 13.3. The molecule has 0 radical (unpaired) electrons. The van der Waals surface area contributed by atoms with E-state index in [0.29, 0.717) is 17.1 Å². The normalized spacial score (nSPS) is 13.8. The molecule has 0 atom stereocenters. The molecule has 3 aromatic rings. The van der Waals surface area contributed by atoms with Gasteiger partial charge in [-0.05, 0) is 53.6 Å². The van der Waals surface area contributed by atoms with Crippen LogP contribution in [-0.4, -0.2) is 60.1 Å². The van der Waals surface area contributed by atoms with Crippen LogP contribution in [-0.2, 0) is 11.9 Å². The third-order valence-corrected chi connectivity index (χ3v) is 8.52. The van der Waals surface area contributed by atoms with E-state index in [1.807, 2.05) is 23.9 Å². The Bertz CT molecular complexity index is 1450. The van der Waals surface area contributed by atoms with Gasteiger partial charge in [0.25, 0.3) is 11.8 Å². The molecule has 1 saturated heterocycles. The number of carbonyl (C=O) groups is 2. The van der Waals surface area contributed by atoms with Crippen LogP contribution in [0.5, 0.6) is 0 Å². The van der Waals surface area contributed by atoms with Crippen molar-refractivity contribution in [1.29, 1.82) is 0 Å². The van der Waals surface area contributed by atoms with Crippen molar-refractivity contribution < 1.29 is 27.9 Å². The molecule has 0 spiro atoms. The summed E-state index contributed by atoms with van der Waals surface area (Å²) < 4.78 is 39.6. The monoisotopic (exact) mass is 636 g/mol. The number of alkyl halides is 3. The first-order valence-corrected chi connectivity index (χ1v) is 15.6. The molecule has 222 valence electrons. The molecule has 13 heteroatoms. The predicted octanol–water partition coefficient (Wildman–Crippen LogP) is 6.15. The summed E-state index contributed by atoms with van der Waals surface area (Å²) in [6.45, 7) is 1.67. The molecule has 0 aliphatic carbocycles. The SMILES string of the molecule is O=C(Nc1ccc(N2CCSCC2)cc1C(=O)N/N=C\c1ccc(Cl)c(C(F)(F)F)c1)c1cccc(CSCCO)c1. The van der Waals surface area contributed by atoms with Crippen molar-refractivity contribution in [1.82, 2.24) is 5.43 Å². The zero-order chi connectivity index (χ0) is 30.1. The van der Waals surface area contributed by atoms with Gasteiger partial charge in [-0.1, -0.05) is 29.8 Å². The lowest BCUT2D eigenvalue weighted by Crippen LogP contribution is -2.32. The van der Waals surface area contributed by atoms with Gasteiger partial charge in [-0.3, -0.25) is 9.59 Å². The van der Waals surface area contributed by atoms with Gasteiger partial charge in [-0.2, -0.15) is 41.8 Å². The Labute approximate surface area is 254 Å². The van der Waals surface area contributed by atoms with Crippen molar-refractivity contribution in [3.8, 4) is 0 Å². The van der Waals surface area contributed by atoms with Crippen molar-refractivity contribution in [2.75, 3.05) is 47.2 Å². The molecule has 1 aliphatic heterocycles. The van der Waals surface area contributed by atoms with E-state index >= 15 is 0 Å². The number of rotatable bonds is 10. The third kappa shape index (κ3) is 8.66. The fourth-order valence-corrected chi connectivity index (χ4v) is 5.98. The van der Waals surface area contributed by atoms with Gasteiger partial charge >= 0.3 is 6.18 Å². The van der Waals surface area contributed by atoms with E-state index in [9.17, 15) is 22.8 Å². The molecule has 2 amide bonds. The standard InChI is InChI=1S/C29H28ClF3N4O3S2/c30-25-6-4-19(15-24(25)29(31,32)33)17-34-36-28(40)23-16-22(37-8-11-41-12-9-37)5-7-26(23)35-27(39)21-3-1-2-20(14-21)18-42-13-10-38/h1-7,14-17,38H,8-13,18H2,(H,35,39)(H,36,40)/b34-17-. The molecule has 1 fully saturated rings. The first kappa shape index (κ1) is 31.7. The number of aliphatic hydroxyl groups excluding tert-OH is 1. The molecule has 4 rings (SSSR count). The number of hydrogen-bond donors (Lipinski definition) is 3. The van der Waals surface area contributed by atoms with Crippen LogP contribution in [0.3, 0.4) is 0 Å². The average Bonchev–Trinajstić information content (AvgIpc) is 2.98. The average molecular weight is 637 g/mol. The van der Waals surface area contributed by atoms with Crippen LogP contribution in [0.15, 0.2) is 65.8 Å². The molecule has 3 aromatic carbocycles. The van der Waals surface area contributed by atoms with Gasteiger partial charge in [0.2, 0.25) is 0 Å². The smallest absolute Gasteiger partial charge is 0.396 e. The summed E-state index contributed by atoms with van der Waals surface area (Å²) in [5, 5.41) is 15.2. The second-order valence-corrected chi connectivity index (χ2v) is 11.9. The highest BCUT2D eigenvalue weighted by molar-refractivity contribution is 7.99. The number of nitrogens with zero attached hydrogens (tertiary/aromatic N) is 2. The number of anilines is 2. The Balaban J connectivity index is 1.55. The number of nitrogens with one attached hydrogen (secondary N) is 2. The summed E-state index contributed by atoms with van der Waals surface area (Å²) in [5.41, 5.74) is 3.98. The first-order valence-electron chi connectivity index (χ1n) is 12.9. The predicted molar refractivity (Wildman–Crippen MR) is 165 cm³/mol. The molecule has 0 bridgehead atoms. The number of hydrogen-bond acceptors (Lipinski definition) is 7. The quantitative estimate of drug-likeness (QED) is 0.140. The van der Waals surface area contributed by atoms with E-state index in [2.05, 4.69) is 20.7 Å². The molecular formula is C29H28ClF3N4O3S2. The van der Waals surface area contributed by atoms with Crippen molar-refractivity contribution in [3.63, 3.8) is 0 Å². The van der Waals surface area contributed by atoms with Crippen LogP contribution in [0.4, 0.5) is 24.5 Å². The second-order valence-electron chi connectivity index (χ2n) is 9.20. The summed E-state index contributed by atoms with van der Waals surface area (Å²) >= 11 is 9.07. The number of amides is 2. The molecule has 0 aromatic heterocycles. The topological polar surface area (TPSA) is 94.0 Å². The Hall–Kier alpha value is -3.19. The van der Waals surface area contributed by atoms with E-state index in [-0.39, 0.29) is 23.4 Å². The number of carbonyl (C=O) groups excluding carboxylic acids is 2. The lowest BCUT2D eigenvalue weighted by Gasteiger charge is -2.29. The maximum Gasteiger partial charge on any atom is 0.417 e. The highest BCUT2D eigenvalue weighted by Crippen LogP contribution is 2.35. The largest absolute Gasteiger partial charge is 0.417 e. The van der Waals surface area contributed by atoms with Crippen molar-refractivity contribution in [2.24, 2.45) is 5.10 Å². The van der Waals surface area contributed by atoms with Crippen LogP contribution in [0, 0.1) is 0 Å². The number of hydrazone groups is 1. The number of halogens is 4. The molecule has 0 unspecified atom stereocenters. The summed E-state index contributed by atoms with van der Waals surface area (Å²) in [5.74, 6) is 2.05. The van der Waals surface area contributed by atoms with Gasteiger partial charge in [0.1, 0.15) is 0 Å². The molecule has 42 heavy (non-hydrogen) atoms. The molecule has 1 aliphatic rings. The van der Waals surface area contributed by atoms with E-state index in [4.69, 9.17) is 16.7 Å². The Morgan fingerprint density at radius 1 is 1.07 bits per heavy atom. The number of aliphatic hydroxyl groups is 1. The van der Waals surface area contributed by atoms with Gasteiger partial charge in [0.05, 0.1) is 34.7 Å². The van der Waals surface area contributed by atoms with E-state index in [0.717, 1.165) is 54.2 Å². The summed E-state index contributed by atoms with van der Waals surface area (Å²) in [6.07, 6.45) is -3.55. The summed E-state index contributed by atoms with van der Waals surface area (Å²) in [4.78, 5) is 28.6. The zero-order valence-electron chi connectivity index (χ0n) is 22.3. The van der Waals surface area contributed by atoms with Crippen LogP contribution < -0.4 is 15.6 Å². The van der Waals surface area contributed by atoms with Crippen LogP contribution >= 0.6 is 35.1 Å². The van der Waals surface area contributed by atoms with Crippen molar-refractivity contribution >= 4 is 64.5 Å². The van der Waals surface area contributed by atoms with Crippen LogP contribution in [0.2, 0.25) is 5.02 Å². The van der Waals surface area contributed by atoms with Crippen molar-refractivity contribution in [2.45, 2.75) is 11.9 Å². The van der Waals surface area contributed by atoms with Crippen LogP contribution in [0.1, 0.15) is 37.4 Å². The third-order valence-electron chi connectivity index (χ3n) is 6.24. The van der Waals surface area contributed by atoms with Gasteiger partial charge in [0, 0.05) is 47.4 Å². The minimum absolute atomic E-state index is 0.0697. The second kappa shape index (κ2) is 14.8. The number of benzene rings is 3. The molecular weight excluding hydrogens is 609 g/mol. The lowest BCUT2D eigenvalue weighted by molar-refractivity contribution is -0.137. The van der Waals surface area contributed by atoms with Gasteiger partial charge in [0.15, 0.2) is 0 Å². The minimum atomic E-state index is -4.64. The van der Waals surface area contributed by atoms with E-state index in [1.54, 1.807) is 42.1 Å². The Kier molecular flexibility index (Phi) is 11.2. The molecule has 3 N–H and O–H groups in total. The van der Waals surface area contributed by atoms with Crippen LogP contribution in [0.25, 0.3) is 0 Å². The molecule has 0 saturated carbocycles. The lowest BCUT2D eigenvalue weighted by atomic mass is 10.1. The first-order chi connectivity index (χ1) is 20.2. The van der Waals surface area contributed by atoms with E-state index in [1.165, 1.54) is 6.07 Å². The van der Waals surface area contributed by atoms with Gasteiger partial charge in [-0.15, -0.1) is 0 Å². The summed E-state index contributed by atoms with van der Waals surface area (Å²) in [6, 6.07) is 15.5.